The first-order valence-corrected chi connectivity index (χ1v) is 1.13. The van der Waals surface area contributed by atoms with E-state index < -0.39 is 6.53 Å². The van der Waals surface area contributed by atoms with Crippen molar-refractivity contribution < 1.29 is 10.0 Å². The molecular formula is BClO2Sr. The molecule has 0 aliphatic heterocycles. The molecule has 0 aromatic heterocycles. The van der Waals surface area contributed by atoms with Crippen molar-refractivity contribution in [3.8, 4) is 0 Å². The Morgan fingerprint density at radius 3 is 1.40 bits per heavy atom. The Morgan fingerprint density at radius 2 is 1.40 bits per heavy atom. The Kier molecular flexibility index (Phi) is 11.4. The minimum Gasteiger partial charge on any atom is -0.881 e. The van der Waals surface area contributed by atoms with Gasteiger partial charge in [0.25, 0.3) is 0 Å². The van der Waals surface area contributed by atoms with Crippen molar-refractivity contribution in [1.82, 2.24) is 0 Å². The zero-order valence-electron chi connectivity index (χ0n) is 2.48. The summed E-state index contributed by atoms with van der Waals surface area (Å²) in [5.74, 6) is 0. The molecule has 0 aliphatic carbocycles. The van der Waals surface area contributed by atoms with E-state index in [1.165, 1.54) is 0 Å². The zero-order chi connectivity index (χ0) is 3.58. The molecule has 0 saturated carbocycles. The summed E-state index contributed by atoms with van der Waals surface area (Å²) in [6, 6.07) is 0. The third-order valence-corrected chi connectivity index (χ3v) is 0. The first kappa shape index (κ1) is 9.90. The van der Waals surface area contributed by atoms with Gasteiger partial charge in [-0.3, -0.25) is 0 Å². The van der Waals surface area contributed by atoms with Gasteiger partial charge in [0.2, 0.25) is 0 Å². The van der Waals surface area contributed by atoms with Crippen LogP contribution in [0, 0.1) is 0 Å². The van der Waals surface area contributed by atoms with Crippen LogP contribution >= 0.6 is 11.5 Å². The zero-order valence-corrected chi connectivity index (χ0v) is 6.71. The molecule has 0 amide bonds. The molecule has 0 heterocycles. The molecule has 0 spiro atoms. The largest absolute Gasteiger partial charge is 2.00 e. The van der Waals surface area contributed by atoms with Gasteiger partial charge in [0.15, 0.2) is 0 Å². The van der Waals surface area contributed by atoms with E-state index in [9.17, 15) is 0 Å². The van der Waals surface area contributed by atoms with Gasteiger partial charge in [0, 0.05) is 6.53 Å². The molecule has 0 bridgehead atoms. The Morgan fingerprint density at radius 1 is 1.40 bits per heavy atom. The van der Waals surface area contributed by atoms with E-state index in [0.717, 1.165) is 0 Å². The molecule has 5 heteroatoms. The number of halogens is 1. The second-order valence-corrected chi connectivity index (χ2v) is 0.631. The predicted molar refractivity (Wildman–Crippen MR) is 17.4 cm³/mol. The minimum absolute atomic E-state index is 0. The van der Waals surface area contributed by atoms with Gasteiger partial charge < -0.3 is 10.0 Å². The average molecular weight is 166 g/mol. The van der Waals surface area contributed by atoms with Crippen molar-refractivity contribution in [2.75, 3.05) is 0 Å². The Balaban J connectivity index is 0. The van der Waals surface area contributed by atoms with Crippen LogP contribution in [0.4, 0.5) is 0 Å². The Bertz CT molecular complexity index is 14.4. The van der Waals surface area contributed by atoms with Crippen LogP contribution in [0.25, 0.3) is 0 Å². The SMILES string of the molecule is [O-]B([O-])Cl.[Sr+2]. The van der Waals surface area contributed by atoms with Crippen LogP contribution in [-0.2, 0) is 0 Å². The van der Waals surface area contributed by atoms with Gasteiger partial charge in [0.1, 0.15) is 0 Å². The number of hydrogen-bond acceptors (Lipinski definition) is 2. The van der Waals surface area contributed by atoms with Crippen molar-refractivity contribution >= 4 is 63.5 Å². The molecular weight excluding hydrogens is 166 g/mol. The van der Waals surface area contributed by atoms with E-state index in [1.807, 2.05) is 0 Å². The molecule has 24 valence electrons. The van der Waals surface area contributed by atoms with Gasteiger partial charge in [-0.25, -0.2) is 11.5 Å². The molecule has 0 saturated heterocycles. The maximum atomic E-state index is 8.74. The number of rotatable bonds is 0. The van der Waals surface area contributed by atoms with E-state index in [1.54, 1.807) is 0 Å². The third kappa shape index (κ3) is 26.3. The second-order valence-electron chi connectivity index (χ2n) is 0.274. The Hall–Kier alpha value is 1.76. The molecule has 0 aliphatic rings. The summed E-state index contributed by atoms with van der Waals surface area (Å²) in [4.78, 5) is 0. The van der Waals surface area contributed by atoms with Crippen molar-refractivity contribution in [1.29, 1.82) is 0 Å². The Labute approximate surface area is 72.5 Å². The first-order chi connectivity index (χ1) is 1.73. The van der Waals surface area contributed by atoms with Crippen LogP contribution in [0.15, 0.2) is 0 Å². The maximum Gasteiger partial charge on any atom is 2.00 e. The van der Waals surface area contributed by atoms with Crippen LogP contribution in [0.2, 0.25) is 0 Å². The van der Waals surface area contributed by atoms with Gasteiger partial charge in [-0.15, -0.1) is 0 Å². The van der Waals surface area contributed by atoms with Crippen molar-refractivity contribution in [3.05, 3.63) is 0 Å². The monoisotopic (exact) mass is 166 g/mol. The summed E-state index contributed by atoms with van der Waals surface area (Å²) in [6.45, 7) is -2.19. The summed E-state index contributed by atoms with van der Waals surface area (Å²) < 4.78 is 0. The summed E-state index contributed by atoms with van der Waals surface area (Å²) >= 11 is 4.16. The van der Waals surface area contributed by atoms with Crippen LogP contribution in [0.3, 0.4) is 0 Å². The van der Waals surface area contributed by atoms with Crippen molar-refractivity contribution in [3.63, 3.8) is 0 Å². The van der Waals surface area contributed by atoms with Gasteiger partial charge >= 0.3 is 45.5 Å². The molecule has 0 aromatic carbocycles. The summed E-state index contributed by atoms with van der Waals surface area (Å²) in [5, 5.41) is 17.5. The van der Waals surface area contributed by atoms with Crippen molar-refractivity contribution in [2.45, 2.75) is 0 Å². The minimum atomic E-state index is -2.19. The first-order valence-electron chi connectivity index (χ1n) is 0.690. The standard InChI is InChI=1S/BClO2.Sr/c2-1(3)4;/q-2;+2. The molecule has 0 N–H and O–H groups in total. The van der Waals surface area contributed by atoms with Gasteiger partial charge in [-0.1, -0.05) is 0 Å². The molecule has 5 heavy (non-hydrogen) atoms. The predicted octanol–water partition coefficient (Wildman–Crippen LogP) is -2.45. The van der Waals surface area contributed by atoms with E-state index in [4.69, 9.17) is 10.0 Å². The fraction of sp³-hybridized carbons (Fsp3) is 0. The van der Waals surface area contributed by atoms with E-state index in [0.29, 0.717) is 0 Å². The van der Waals surface area contributed by atoms with Crippen LogP contribution in [0.1, 0.15) is 0 Å². The van der Waals surface area contributed by atoms with E-state index in [-0.39, 0.29) is 45.5 Å². The fourth-order valence-corrected chi connectivity index (χ4v) is 0. The quantitative estimate of drug-likeness (QED) is 0.375. The molecule has 0 aromatic rings. The van der Waals surface area contributed by atoms with Gasteiger partial charge in [0.05, 0.1) is 0 Å². The molecule has 0 rings (SSSR count). The second kappa shape index (κ2) is 5.76. The summed E-state index contributed by atoms with van der Waals surface area (Å²) in [6.07, 6.45) is 0. The third-order valence-electron chi connectivity index (χ3n) is 0. The number of hydrogen-bond donors (Lipinski definition) is 0. The average Bonchev–Trinajstić information content (AvgIpc) is 0.811. The molecule has 0 atom stereocenters. The smallest absolute Gasteiger partial charge is 0.881 e. The molecule has 0 radical (unpaired) electrons. The van der Waals surface area contributed by atoms with E-state index >= 15 is 0 Å². The van der Waals surface area contributed by atoms with Crippen molar-refractivity contribution in [2.24, 2.45) is 0 Å². The van der Waals surface area contributed by atoms with Crippen LogP contribution < -0.4 is 10.0 Å². The topological polar surface area (TPSA) is 46.1 Å². The fourth-order valence-electron chi connectivity index (χ4n) is 0. The molecule has 2 nitrogen and oxygen atoms in total. The van der Waals surface area contributed by atoms with E-state index in [2.05, 4.69) is 11.5 Å². The molecule has 0 fully saturated rings. The molecule has 0 unspecified atom stereocenters. The normalized spacial score (nSPS) is 5.40. The van der Waals surface area contributed by atoms with Crippen LogP contribution in [0.5, 0.6) is 0 Å². The summed E-state index contributed by atoms with van der Waals surface area (Å²) in [5.41, 5.74) is 0. The van der Waals surface area contributed by atoms with Gasteiger partial charge in [-0.2, -0.15) is 0 Å². The summed E-state index contributed by atoms with van der Waals surface area (Å²) in [7, 11) is 0. The van der Waals surface area contributed by atoms with Crippen LogP contribution in [-0.4, -0.2) is 52.0 Å². The maximum absolute atomic E-state index is 8.74. The van der Waals surface area contributed by atoms with Gasteiger partial charge in [-0.05, 0) is 0 Å².